The van der Waals surface area contributed by atoms with Crippen LogP contribution in [0.2, 0.25) is 0 Å². The van der Waals surface area contributed by atoms with Crippen molar-refractivity contribution in [2.45, 2.75) is 25.8 Å². The van der Waals surface area contributed by atoms with Crippen LogP contribution in [-0.4, -0.2) is 44.5 Å². The number of likely N-dealkylation sites (tertiary alicyclic amines) is 1. The molecule has 0 bridgehead atoms. The van der Waals surface area contributed by atoms with Crippen molar-refractivity contribution in [3.05, 3.63) is 11.4 Å². The maximum absolute atomic E-state index is 10.8. The summed E-state index contributed by atoms with van der Waals surface area (Å²) >= 11 is 0. The fraction of sp³-hybridized carbons (Fsp3) is 0.667. The number of carboxylic acids is 1. The molecule has 0 aromatic carbocycles. The lowest BCUT2D eigenvalue weighted by Gasteiger charge is -2.25. The fourth-order valence-corrected chi connectivity index (χ4v) is 1.86. The lowest BCUT2D eigenvalue weighted by atomic mass is 10.1. The van der Waals surface area contributed by atoms with E-state index in [2.05, 4.69) is 20.3 Å². The Labute approximate surface area is 87.3 Å². The molecule has 1 saturated heterocycles. The second kappa shape index (κ2) is 4.39. The number of aromatic amines is 1. The minimum Gasteiger partial charge on any atom is -0.476 e. The van der Waals surface area contributed by atoms with Gasteiger partial charge in [-0.25, -0.2) is 4.79 Å². The summed E-state index contributed by atoms with van der Waals surface area (Å²) in [6.45, 7) is 2.62. The number of hydrogen-bond donors (Lipinski definition) is 2. The molecular weight excluding hydrogens is 196 g/mol. The zero-order valence-electron chi connectivity index (χ0n) is 8.44. The second-order valence-corrected chi connectivity index (χ2v) is 3.76. The number of aromatic carboxylic acids is 1. The van der Waals surface area contributed by atoms with Gasteiger partial charge in [-0.3, -0.25) is 4.90 Å². The Morgan fingerprint density at radius 2 is 2.07 bits per heavy atom. The first-order valence-corrected chi connectivity index (χ1v) is 5.12. The molecule has 0 aliphatic carbocycles. The van der Waals surface area contributed by atoms with Gasteiger partial charge in [-0.05, 0) is 25.9 Å². The zero-order valence-corrected chi connectivity index (χ0v) is 8.44. The van der Waals surface area contributed by atoms with Crippen LogP contribution in [-0.2, 0) is 6.54 Å². The molecule has 1 fully saturated rings. The largest absolute Gasteiger partial charge is 0.476 e. The third-order valence-electron chi connectivity index (χ3n) is 2.64. The van der Waals surface area contributed by atoms with E-state index in [4.69, 9.17) is 5.11 Å². The number of nitrogens with one attached hydrogen (secondary N) is 1. The van der Waals surface area contributed by atoms with Crippen LogP contribution in [0.15, 0.2) is 0 Å². The number of carbonyl (C=O) groups is 1. The fourth-order valence-electron chi connectivity index (χ4n) is 1.86. The maximum atomic E-state index is 10.8. The van der Waals surface area contributed by atoms with Crippen LogP contribution in [0.5, 0.6) is 0 Å². The van der Waals surface area contributed by atoms with Gasteiger partial charge in [0.15, 0.2) is 5.69 Å². The van der Waals surface area contributed by atoms with E-state index < -0.39 is 5.97 Å². The maximum Gasteiger partial charge on any atom is 0.358 e. The third-order valence-corrected chi connectivity index (χ3v) is 2.64. The summed E-state index contributed by atoms with van der Waals surface area (Å²) < 4.78 is 0. The highest BCUT2D eigenvalue weighted by Crippen LogP contribution is 2.12. The number of nitrogens with zero attached hydrogens (tertiary/aromatic N) is 3. The first-order chi connectivity index (χ1) is 7.27. The predicted molar refractivity (Wildman–Crippen MR) is 52.5 cm³/mol. The van der Waals surface area contributed by atoms with Crippen molar-refractivity contribution in [1.82, 2.24) is 20.3 Å². The normalized spacial score (nSPS) is 17.9. The van der Waals surface area contributed by atoms with Gasteiger partial charge in [0.25, 0.3) is 0 Å². The molecule has 1 aliphatic heterocycles. The number of aromatic nitrogens is 3. The van der Waals surface area contributed by atoms with E-state index in [9.17, 15) is 4.79 Å². The minimum absolute atomic E-state index is 0.0422. The summed E-state index contributed by atoms with van der Waals surface area (Å²) in [5, 5.41) is 18.7. The first-order valence-electron chi connectivity index (χ1n) is 5.12. The molecule has 0 amide bonds. The van der Waals surface area contributed by atoms with Crippen molar-refractivity contribution < 1.29 is 9.90 Å². The summed E-state index contributed by atoms with van der Waals surface area (Å²) in [7, 11) is 0. The van der Waals surface area contributed by atoms with Crippen LogP contribution in [0.1, 0.15) is 35.4 Å². The van der Waals surface area contributed by atoms with E-state index in [-0.39, 0.29) is 5.69 Å². The average Bonchev–Trinajstić information content (AvgIpc) is 2.67. The van der Waals surface area contributed by atoms with E-state index in [1.807, 2.05) is 0 Å². The summed E-state index contributed by atoms with van der Waals surface area (Å²) in [6, 6.07) is 0. The molecular formula is C9H14N4O2. The quantitative estimate of drug-likeness (QED) is 0.758. The van der Waals surface area contributed by atoms with E-state index >= 15 is 0 Å². The molecule has 82 valence electrons. The van der Waals surface area contributed by atoms with Gasteiger partial charge >= 0.3 is 5.97 Å². The minimum atomic E-state index is -1.02. The SMILES string of the molecule is O=C(O)c1n[nH]nc1CN1CCCCC1. The van der Waals surface area contributed by atoms with Crippen LogP contribution < -0.4 is 0 Å². The van der Waals surface area contributed by atoms with E-state index in [0.717, 1.165) is 13.1 Å². The number of piperidine rings is 1. The monoisotopic (exact) mass is 210 g/mol. The molecule has 0 atom stereocenters. The highest BCUT2D eigenvalue weighted by molar-refractivity contribution is 5.86. The van der Waals surface area contributed by atoms with Gasteiger partial charge in [0.2, 0.25) is 0 Å². The van der Waals surface area contributed by atoms with Gasteiger partial charge < -0.3 is 5.11 Å². The van der Waals surface area contributed by atoms with Gasteiger partial charge in [-0.15, -0.1) is 5.10 Å². The van der Waals surface area contributed by atoms with Crippen molar-refractivity contribution in [3.63, 3.8) is 0 Å². The Hall–Kier alpha value is -1.43. The second-order valence-electron chi connectivity index (χ2n) is 3.76. The average molecular weight is 210 g/mol. The van der Waals surface area contributed by atoms with Crippen molar-refractivity contribution in [2.75, 3.05) is 13.1 Å². The summed E-state index contributed by atoms with van der Waals surface area (Å²) in [4.78, 5) is 13.0. The molecule has 0 radical (unpaired) electrons. The number of H-pyrrole nitrogens is 1. The summed E-state index contributed by atoms with van der Waals surface area (Å²) in [5.41, 5.74) is 0.574. The molecule has 2 heterocycles. The Morgan fingerprint density at radius 3 is 2.73 bits per heavy atom. The third kappa shape index (κ3) is 2.33. The smallest absolute Gasteiger partial charge is 0.358 e. The van der Waals surface area contributed by atoms with Crippen molar-refractivity contribution in [2.24, 2.45) is 0 Å². The van der Waals surface area contributed by atoms with Gasteiger partial charge in [-0.2, -0.15) is 10.3 Å². The van der Waals surface area contributed by atoms with Crippen LogP contribution in [0.3, 0.4) is 0 Å². The van der Waals surface area contributed by atoms with Gasteiger partial charge in [0.05, 0.1) is 0 Å². The number of rotatable bonds is 3. The Morgan fingerprint density at radius 1 is 1.33 bits per heavy atom. The molecule has 2 rings (SSSR count). The number of hydrogen-bond acceptors (Lipinski definition) is 4. The highest BCUT2D eigenvalue weighted by atomic mass is 16.4. The van der Waals surface area contributed by atoms with E-state index in [1.165, 1.54) is 19.3 Å². The van der Waals surface area contributed by atoms with E-state index in [1.54, 1.807) is 0 Å². The predicted octanol–water partition coefficient (Wildman–Crippen LogP) is 0.489. The topological polar surface area (TPSA) is 82.1 Å². The molecule has 1 aromatic rings. The summed E-state index contributed by atoms with van der Waals surface area (Å²) in [6.07, 6.45) is 3.63. The van der Waals surface area contributed by atoms with Crippen LogP contribution in [0.4, 0.5) is 0 Å². The molecule has 1 aromatic heterocycles. The van der Waals surface area contributed by atoms with E-state index in [0.29, 0.717) is 12.2 Å². The lowest BCUT2D eigenvalue weighted by molar-refractivity contribution is 0.0687. The molecule has 0 unspecified atom stereocenters. The molecule has 0 saturated carbocycles. The van der Waals surface area contributed by atoms with Crippen molar-refractivity contribution in [1.29, 1.82) is 0 Å². The Kier molecular flexibility index (Phi) is 2.96. The first kappa shape index (κ1) is 10.1. The Balaban J connectivity index is 2.03. The van der Waals surface area contributed by atoms with Crippen LogP contribution >= 0.6 is 0 Å². The van der Waals surface area contributed by atoms with Crippen LogP contribution in [0.25, 0.3) is 0 Å². The van der Waals surface area contributed by atoms with Crippen molar-refractivity contribution in [3.8, 4) is 0 Å². The zero-order chi connectivity index (χ0) is 10.7. The van der Waals surface area contributed by atoms with Gasteiger partial charge in [0.1, 0.15) is 5.69 Å². The van der Waals surface area contributed by atoms with Crippen molar-refractivity contribution >= 4 is 5.97 Å². The molecule has 0 spiro atoms. The molecule has 1 aliphatic rings. The molecule has 6 nitrogen and oxygen atoms in total. The van der Waals surface area contributed by atoms with Crippen LogP contribution in [0, 0.1) is 0 Å². The molecule has 15 heavy (non-hydrogen) atoms. The highest BCUT2D eigenvalue weighted by Gasteiger charge is 2.18. The summed E-state index contributed by atoms with van der Waals surface area (Å²) in [5.74, 6) is -1.02. The van der Waals surface area contributed by atoms with Gasteiger partial charge in [0, 0.05) is 6.54 Å². The van der Waals surface area contributed by atoms with Gasteiger partial charge in [-0.1, -0.05) is 6.42 Å². The standard InChI is InChI=1S/C9H14N4O2/c14-9(15)8-7(10-12-11-8)6-13-4-2-1-3-5-13/h1-6H2,(H,14,15)(H,10,11,12). The molecule has 2 N–H and O–H groups in total. The number of carboxylic acid groups (broad SMARTS) is 1. The lowest BCUT2D eigenvalue weighted by Crippen LogP contribution is -2.29. The Bertz CT molecular complexity index is 344. The molecule has 6 heteroatoms.